The molecule has 0 radical (unpaired) electrons. The third-order valence-corrected chi connectivity index (χ3v) is 6.48. The second kappa shape index (κ2) is 12.9. The zero-order valence-corrected chi connectivity index (χ0v) is 22.8. The van der Waals surface area contributed by atoms with Gasteiger partial charge in [0.25, 0.3) is 5.69 Å². The van der Waals surface area contributed by atoms with Crippen LogP contribution in [0.5, 0.6) is 11.5 Å². The highest BCUT2D eigenvalue weighted by molar-refractivity contribution is 5.72. The van der Waals surface area contributed by atoms with Crippen molar-refractivity contribution in [3.63, 3.8) is 0 Å². The highest BCUT2D eigenvalue weighted by Gasteiger charge is 2.30. The number of nitro groups is 1. The van der Waals surface area contributed by atoms with Crippen molar-refractivity contribution in [1.29, 1.82) is 5.26 Å². The molecule has 0 spiro atoms. The number of hydrogen-bond donors (Lipinski definition) is 0. The average Bonchev–Trinajstić information content (AvgIpc) is 3.32. The fourth-order valence-electron chi connectivity index (χ4n) is 4.48. The number of carbonyl (C=O) groups is 2. The first kappa shape index (κ1) is 29.0. The molecule has 3 aromatic rings. The van der Waals surface area contributed by atoms with E-state index in [4.69, 9.17) is 18.9 Å². The van der Waals surface area contributed by atoms with Gasteiger partial charge in [0.2, 0.25) is 0 Å². The van der Waals surface area contributed by atoms with Crippen LogP contribution in [0.15, 0.2) is 42.6 Å². The van der Waals surface area contributed by atoms with Crippen LogP contribution in [-0.4, -0.2) is 44.0 Å². The maximum atomic E-state index is 12.4. The van der Waals surface area contributed by atoms with Crippen molar-refractivity contribution in [3.05, 3.63) is 64.1 Å². The Bertz CT molecular complexity index is 1460. The van der Waals surface area contributed by atoms with Gasteiger partial charge in [-0.15, -0.1) is 0 Å². The van der Waals surface area contributed by atoms with Gasteiger partial charge in [0.15, 0.2) is 11.4 Å². The maximum Gasteiger partial charge on any atom is 0.514 e. The van der Waals surface area contributed by atoms with Crippen LogP contribution in [0.1, 0.15) is 50.9 Å². The molecular formula is C28H29N5O8. The number of aromatic nitrogens is 3. The van der Waals surface area contributed by atoms with Gasteiger partial charge < -0.3 is 18.9 Å². The summed E-state index contributed by atoms with van der Waals surface area (Å²) in [5.74, 6) is -0.0838. The van der Waals surface area contributed by atoms with Crippen LogP contribution < -0.4 is 9.47 Å². The molecule has 4 rings (SSSR count). The molecule has 2 atom stereocenters. The second-order valence-electron chi connectivity index (χ2n) is 9.76. The Morgan fingerprint density at radius 3 is 2.63 bits per heavy atom. The van der Waals surface area contributed by atoms with Gasteiger partial charge in [0, 0.05) is 24.7 Å². The van der Waals surface area contributed by atoms with Crippen molar-refractivity contribution in [2.24, 2.45) is 13.0 Å². The Labute approximate surface area is 235 Å². The van der Waals surface area contributed by atoms with Crippen molar-refractivity contribution in [1.82, 2.24) is 14.8 Å². The van der Waals surface area contributed by atoms with E-state index >= 15 is 0 Å². The van der Waals surface area contributed by atoms with E-state index in [1.807, 2.05) is 13.8 Å². The van der Waals surface area contributed by atoms with Crippen LogP contribution in [0.4, 0.5) is 10.5 Å². The number of nitro benzene ring substituents is 1. The molecule has 0 unspecified atom stereocenters. The number of aryl methyl sites for hydroxylation is 1. The van der Waals surface area contributed by atoms with Gasteiger partial charge in [0.05, 0.1) is 40.6 Å². The Morgan fingerprint density at radius 1 is 1.20 bits per heavy atom. The highest BCUT2D eigenvalue weighted by Crippen LogP contribution is 2.32. The summed E-state index contributed by atoms with van der Waals surface area (Å²) < 4.78 is 23.3. The van der Waals surface area contributed by atoms with Crippen molar-refractivity contribution in [2.75, 3.05) is 0 Å². The number of non-ortho nitro benzene ring substituents is 1. The van der Waals surface area contributed by atoms with Crippen LogP contribution in [0, 0.1) is 27.4 Å². The minimum atomic E-state index is -1.01. The van der Waals surface area contributed by atoms with Gasteiger partial charge in [-0.25, -0.2) is 9.78 Å². The summed E-state index contributed by atoms with van der Waals surface area (Å²) in [6.07, 6.45) is 2.88. The maximum absolute atomic E-state index is 12.4. The molecule has 2 aromatic heterocycles. The first-order valence-electron chi connectivity index (χ1n) is 13.0. The molecule has 0 aliphatic heterocycles. The molecule has 1 aromatic carbocycles. The molecule has 0 N–H and O–H groups in total. The summed E-state index contributed by atoms with van der Waals surface area (Å²) >= 11 is 0. The van der Waals surface area contributed by atoms with Crippen molar-refractivity contribution >= 4 is 17.8 Å². The summed E-state index contributed by atoms with van der Waals surface area (Å²) in [5.41, 5.74) is 1.39. The zero-order chi connectivity index (χ0) is 29.5. The summed E-state index contributed by atoms with van der Waals surface area (Å²) in [5, 5.41) is 24.8. The molecule has 2 heterocycles. The Kier molecular flexibility index (Phi) is 9.13. The van der Waals surface area contributed by atoms with Crippen LogP contribution in [-0.2, 0) is 27.9 Å². The van der Waals surface area contributed by atoms with Gasteiger partial charge in [-0.2, -0.15) is 10.4 Å². The smallest absolute Gasteiger partial charge is 0.487 e. The first-order valence-corrected chi connectivity index (χ1v) is 13.0. The van der Waals surface area contributed by atoms with Crippen LogP contribution in [0.3, 0.4) is 0 Å². The van der Waals surface area contributed by atoms with E-state index in [2.05, 4.69) is 16.2 Å². The number of hydrogen-bond acceptors (Lipinski definition) is 11. The number of nitriles is 1. The number of benzene rings is 1. The average molecular weight is 564 g/mol. The topological polar surface area (TPSA) is 169 Å². The van der Waals surface area contributed by atoms with Gasteiger partial charge >= 0.3 is 12.1 Å². The SMILES string of the molecule is CC(C)OC(=O)[C@H]1CCC[C@H](Oc2ccc(-c3cnn(C)c3COC(=O)Oc3ccc([N+](=O)[O-])cc3)nc2C#N)C1. The number of rotatable bonds is 9. The lowest BCUT2D eigenvalue weighted by molar-refractivity contribution is -0.384. The molecule has 0 bridgehead atoms. The molecule has 0 saturated heterocycles. The lowest BCUT2D eigenvalue weighted by Gasteiger charge is -2.29. The second-order valence-corrected chi connectivity index (χ2v) is 9.76. The van der Waals surface area contributed by atoms with Gasteiger partial charge in [0.1, 0.15) is 18.4 Å². The number of pyridine rings is 1. The molecule has 1 aliphatic carbocycles. The fraction of sp³-hybridized carbons (Fsp3) is 0.393. The normalized spacial score (nSPS) is 16.5. The van der Waals surface area contributed by atoms with E-state index in [9.17, 15) is 25.0 Å². The van der Waals surface area contributed by atoms with Crippen LogP contribution >= 0.6 is 0 Å². The Balaban J connectivity index is 1.42. The van der Waals surface area contributed by atoms with Crippen molar-refractivity contribution in [3.8, 4) is 28.8 Å². The monoisotopic (exact) mass is 563 g/mol. The van der Waals surface area contributed by atoms with Crippen LogP contribution in [0.2, 0.25) is 0 Å². The molecule has 0 amide bonds. The summed E-state index contributed by atoms with van der Waals surface area (Å²) in [6, 6.07) is 10.4. The van der Waals surface area contributed by atoms with E-state index in [-0.39, 0.29) is 47.8 Å². The predicted octanol–water partition coefficient (Wildman–Crippen LogP) is 4.87. The van der Waals surface area contributed by atoms with E-state index in [0.717, 1.165) is 19.3 Å². The third kappa shape index (κ3) is 7.36. The quantitative estimate of drug-likeness (QED) is 0.151. The minimum Gasteiger partial charge on any atom is -0.487 e. The largest absolute Gasteiger partial charge is 0.514 e. The third-order valence-electron chi connectivity index (χ3n) is 6.48. The van der Waals surface area contributed by atoms with Crippen LogP contribution in [0.25, 0.3) is 11.3 Å². The van der Waals surface area contributed by atoms with Gasteiger partial charge in [-0.05, 0) is 63.8 Å². The van der Waals surface area contributed by atoms with E-state index in [1.165, 1.54) is 35.1 Å². The molecule has 1 aliphatic rings. The van der Waals surface area contributed by atoms with E-state index in [1.54, 1.807) is 19.2 Å². The number of nitrogens with zero attached hydrogens (tertiary/aromatic N) is 5. The molecular weight excluding hydrogens is 534 g/mol. The Hall–Kier alpha value is -4.99. The molecule has 13 heteroatoms. The zero-order valence-electron chi connectivity index (χ0n) is 22.8. The van der Waals surface area contributed by atoms with Gasteiger partial charge in [-0.1, -0.05) is 0 Å². The molecule has 1 fully saturated rings. The Morgan fingerprint density at radius 2 is 1.95 bits per heavy atom. The lowest BCUT2D eigenvalue weighted by Crippen LogP contribution is -2.32. The standard InChI is InChI=1S/C28H29N5O8/c1-17(2)39-27(34)18-5-4-6-21(13-18)40-26-12-11-23(31-24(26)14-29)22-15-30-32(3)25(22)16-38-28(35)41-20-9-7-19(8-10-20)33(36)37/h7-12,15,17-18,21H,4-6,13,16H2,1-3H3/t18-,21-/m0/s1. The van der Waals surface area contributed by atoms with Crippen molar-refractivity contribution in [2.45, 2.75) is 58.3 Å². The number of ether oxygens (including phenoxy) is 4. The first-order chi connectivity index (χ1) is 19.6. The minimum absolute atomic E-state index is 0.0719. The van der Waals surface area contributed by atoms with Gasteiger partial charge in [-0.3, -0.25) is 19.6 Å². The highest BCUT2D eigenvalue weighted by atomic mass is 16.7. The molecule has 1 saturated carbocycles. The summed E-state index contributed by atoms with van der Waals surface area (Å²) in [4.78, 5) is 39.3. The molecule has 214 valence electrons. The molecule has 41 heavy (non-hydrogen) atoms. The number of esters is 1. The van der Waals surface area contributed by atoms with E-state index < -0.39 is 11.1 Å². The summed E-state index contributed by atoms with van der Waals surface area (Å²) in [6.45, 7) is 3.42. The lowest BCUT2D eigenvalue weighted by atomic mass is 9.87. The number of carbonyl (C=O) groups excluding carboxylic acids is 2. The predicted molar refractivity (Wildman–Crippen MR) is 143 cm³/mol. The summed E-state index contributed by atoms with van der Waals surface area (Å²) in [7, 11) is 1.66. The fourth-order valence-corrected chi connectivity index (χ4v) is 4.48. The van der Waals surface area contributed by atoms with Crippen molar-refractivity contribution < 1.29 is 33.5 Å². The molecule has 13 nitrogen and oxygen atoms in total. The van der Waals surface area contributed by atoms with E-state index in [0.29, 0.717) is 29.1 Å².